The van der Waals surface area contributed by atoms with Crippen LogP contribution in [0.4, 0.5) is 0 Å². The summed E-state index contributed by atoms with van der Waals surface area (Å²) < 4.78 is 1.60. The van der Waals surface area contributed by atoms with Crippen LogP contribution in [0.5, 0.6) is 0 Å². The molecule has 1 aromatic rings. The summed E-state index contributed by atoms with van der Waals surface area (Å²) in [7, 11) is 0. The van der Waals surface area contributed by atoms with E-state index in [1.807, 2.05) is 6.26 Å². The third-order valence-corrected chi connectivity index (χ3v) is 3.07. The van der Waals surface area contributed by atoms with Crippen LogP contribution in [0.1, 0.15) is 13.3 Å². The number of carbonyl (C=O) groups is 1. The third-order valence-electron chi connectivity index (χ3n) is 2.16. The molecule has 1 unspecified atom stereocenters. The van der Waals surface area contributed by atoms with Gasteiger partial charge in [0.05, 0.1) is 18.3 Å². The van der Waals surface area contributed by atoms with Gasteiger partial charge in [-0.25, -0.2) is 0 Å². The van der Waals surface area contributed by atoms with E-state index >= 15 is 0 Å². The molecule has 0 spiro atoms. The summed E-state index contributed by atoms with van der Waals surface area (Å²) in [4.78, 5) is 11.5. The van der Waals surface area contributed by atoms with Gasteiger partial charge in [0.25, 0.3) is 0 Å². The van der Waals surface area contributed by atoms with Gasteiger partial charge in [0.15, 0.2) is 0 Å². The number of aliphatic hydroxyl groups is 1. The number of rotatable bonds is 7. The van der Waals surface area contributed by atoms with Crippen molar-refractivity contribution < 1.29 is 9.90 Å². The van der Waals surface area contributed by atoms with E-state index in [0.29, 0.717) is 18.7 Å². The highest BCUT2D eigenvalue weighted by atomic mass is 32.2. The number of aromatic nitrogens is 3. The highest BCUT2D eigenvalue weighted by Crippen LogP contribution is 2.08. The van der Waals surface area contributed by atoms with Crippen molar-refractivity contribution in [1.29, 1.82) is 0 Å². The summed E-state index contributed by atoms with van der Waals surface area (Å²) in [6.45, 7) is 2.47. The lowest BCUT2D eigenvalue weighted by Gasteiger charge is -2.22. The molecule has 96 valence electrons. The standard InChI is InChI=1S/C10H18N4O2S/c1-10(16,8-17-2)7-11-9(15)3-5-14-6-4-12-13-14/h4,6,16H,3,5,7-8H2,1-2H3,(H,11,15). The molecular weight excluding hydrogens is 240 g/mol. The maximum atomic E-state index is 11.5. The molecule has 0 radical (unpaired) electrons. The van der Waals surface area contributed by atoms with E-state index in [4.69, 9.17) is 0 Å². The Morgan fingerprint density at radius 2 is 2.41 bits per heavy atom. The van der Waals surface area contributed by atoms with Crippen LogP contribution in [0.2, 0.25) is 0 Å². The van der Waals surface area contributed by atoms with E-state index in [1.54, 1.807) is 35.8 Å². The molecule has 0 bridgehead atoms. The van der Waals surface area contributed by atoms with Crippen molar-refractivity contribution in [3.8, 4) is 0 Å². The molecule has 0 aliphatic rings. The maximum Gasteiger partial charge on any atom is 0.221 e. The number of hydrogen-bond donors (Lipinski definition) is 2. The maximum absolute atomic E-state index is 11.5. The van der Waals surface area contributed by atoms with Gasteiger partial charge in [-0.2, -0.15) is 11.8 Å². The minimum absolute atomic E-state index is 0.0955. The summed E-state index contributed by atoms with van der Waals surface area (Å²) in [5, 5.41) is 20.0. The predicted octanol–water partition coefficient (Wildman–Crippen LogP) is -0.102. The fourth-order valence-corrected chi connectivity index (χ4v) is 2.03. The zero-order chi connectivity index (χ0) is 12.7. The first-order valence-electron chi connectivity index (χ1n) is 5.35. The summed E-state index contributed by atoms with van der Waals surface area (Å²) in [5.74, 6) is 0.498. The van der Waals surface area contributed by atoms with Crippen molar-refractivity contribution in [3.63, 3.8) is 0 Å². The smallest absolute Gasteiger partial charge is 0.221 e. The summed E-state index contributed by atoms with van der Waals surface area (Å²) in [6.07, 6.45) is 5.53. The van der Waals surface area contributed by atoms with Crippen molar-refractivity contribution in [2.45, 2.75) is 25.5 Å². The second-order valence-corrected chi connectivity index (χ2v) is 4.99. The van der Waals surface area contributed by atoms with Gasteiger partial charge in [0.1, 0.15) is 0 Å². The number of hydrogen-bond acceptors (Lipinski definition) is 5. The van der Waals surface area contributed by atoms with Crippen molar-refractivity contribution >= 4 is 17.7 Å². The van der Waals surface area contributed by atoms with E-state index in [0.717, 1.165) is 0 Å². The van der Waals surface area contributed by atoms with Gasteiger partial charge in [0, 0.05) is 24.9 Å². The quantitative estimate of drug-likeness (QED) is 0.714. The van der Waals surface area contributed by atoms with Crippen LogP contribution in [0.25, 0.3) is 0 Å². The molecule has 0 fully saturated rings. The minimum atomic E-state index is -0.859. The molecule has 1 atom stereocenters. The SMILES string of the molecule is CSCC(C)(O)CNC(=O)CCn1ccnn1. The molecule has 17 heavy (non-hydrogen) atoms. The molecule has 0 saturated carbocycles. The van der Waals surface area contributed by atoms with Crippen molar-refractivity contribution in [2.75, 3.05) is 18.6 Å². The zero-order valence-electron chi connectivity index (χ0n) is 10.1. The predicted molar refractivity (Wildman–Crippen MR) is 66.7 cm³/mol. The molecule has 1 amide bonds. The third kappa shape index (κ3) is 5.69. The first kappa shape index (κ1) is 14.0. The van der Waals surface area contributed by atoms with E-state index in [2.05, 4.69) is 15.6 Å². The minimum Gasteiger partial charge on any atom is -0.387 e. The van der Waals surface area contributed by atoms with E-state index in [1.165, 1.54) is 0 Å². The lowest BCUT2D eigenvalue weighted by Crippen LogP contribution is -2.42. The monoisotopic (exact) mass is 258 g/mol. The van der Waals surface area contributed by atoms with Gasteiger partial charge >= 0.3 is 0 Å². The van der Waals surface area contributed by atoms with Gasteiger partial charge in [0.2, 0.25) is 5.91 Å². The Morgan fingerprint density at radius 3 is 3.00 bits per heavy atom. The topological polar surface area (TPSA) is 80.0 Å². The van der Waals surface area contributed by atoms with Crippen LogP contribution < -0.4 is 5.32 Å². The molecule has 7 heteroatoms. The largest absolute Gasteiger partial charge is 0.387 e. The molecule has 0 saturated heterocycles. The van der Waals surface area contributed by atoms with Crippen LogP contribution >= 0.6 is 11.8 Å². The second-order valence-electron chi connectivity index (χ2n) is 4.12. The first-order chi connectivity index (χ1) is 8.03. The summed E-state index contributed by atoms with van der Waals surface area (Å²) >= 11 is 1.55. The molecule has 2 N–H and O–H groups in total. The zero-order valence-corrected chi connectivity index (χ0v) is 10.9. The van der Waals surface area contributed by atoms with Gasteiger partial charge in [-0.1, -0.05) is 5.21 Å². The van der Waals surface area contributed by atoms with Crippen molar-refractivity contribution in [3.05, 3.63) is 12.4 Å². The molecule has 1 rings (SSSR count). The molecule has 0 aliphatic carbocycles. The molecular formula is C10H18N4O2S. The average molecular weight is 258 g/mol. The van der Waals surface area contributed by atoms with Crippen molar-refractivity contribution in [1.82, 2.24) is 20.3 Å². The van der Waals surface area contributed by atoms with Crippen LogP contribution in [0.15, 0.2) is 12.4 Å². The fourth-order valence-electron chi connectivity index (χ4n) is 1.31. The lowest BCUT2D eigenvalue weighted by atomic mass is 10.1. The number of nitrogens with one attached hydrogen (secondary N) is 1. The number of amides is 1. The van der Waals surface area contributed by atoms with Gasteiger partial charge in [-0.15, -0.1) is 5.10 Å². The summed E-state index contributed by atoms with van der Waals surface area (Å²) in [5.41, 5.74) is -0.859. The first-order valence-corrected chi connectivity index (χ1v) is 6.75. The highest BCUT2D eigenvalue weighted by Gasteiger charge is 2.20. The van der Waals surface area contributed by atoms with Gasteiger partial charge in [-0.3, -0.25) is 9.48 Å². The Labute approximate surface area is 105 Å². The summed E-state index contributed by atoms with van der Waals surface area (Å²) in [6, 6.07) is 0. The Kier molecular flexibility index (Phi) is 5.43. The molecule has 6 nitrogen and oxygen atoms in total. The average Bonchev–Trinajstić information content (AvgIpc) is 2.76. The Balaban J connectivity index is 2.21. The lowest BCUT2D eigenvalue weighted by molar-refractivity contribution is -0.122. The molecule has 1 aromatic heterocycles. The van der Waals surface area contributed by atoms with Crippen LogP contribution in [0.3, 0.4) is 0 Å². The van der Waals surface area contributed by atoms with Gasteiger partial charge in [-0.05, 0) is 13.2 Å². The number of nitrogens with zero attached hydrogens (tertiary/aromatic N) is 3. The van der Waals surface area contributed by atoms with E-state index in [9.17, 15) is 9.90 Å². The fraction of sp³-hybridized carbons (Fsp3) is 0.700. The van der Waals surface area contributed by atoms with Crippen LogP contribution in [-0.4, -0.2) is 50.2 Å². The number of aryl methyl sites for hydroxylation is 1. The van der Waals surface area contributed by atoms with Gasteiger partial charge < -0.3 is 10.4 Å². The molecule has 1 heterocycles. The van der Waals surface area contributed by atoms with E-state index in [-0.39, 0.29) is 12.5 Å². The number of thioether (sulfide) groups is 1. The van der Waals surface area contributed by atoms with Crippen LogP contribution in [0, 0.1) is 0 Å². The Bertz CT molecular complexity index is 340. The Morgan fingerprint density at radius 1 is 1.65 bits per heavy atom. The Hall–Kier alpha value is -1.08. The highest BCUT2D eigenvalue weighted by molar-refractivity contribution is 7.98. The van der Waals surface area contributed by atoms with Crippen LogP contribution in [-0.2, 0) is 11.3 Å². The van der Waals surface area contributed by atoms with Crippen molar-refractivity contribution in [2.24, 2.45) is 0 Å². The number of carbonyl (C=O) groups excluding carboxylic acids is 1. The molecule has 0 aromatic carbocycles. The van der Waals surface area contributed by atoms with E-state index < -0.39 is 5.60 Å². The normalized spacial score (nSPS) is 14.3. The molecule has 0 aliphatic heterocycles. The second kappa shape index (κ2) is 6.61.